The fourth-order valence-corrected chi connectivity index (χ4v) is 2.94. The van der Waals surface area contributed by atoms with Crippen molar-refractivity contribution in [2.45, 2.75) is 0 Å². The number of nitrogens with zero attached hydrogens (tertiary/aromatic N) is 4. The first-order chi connectivity index (χ1) is 15.1. The molecular weight excluding hydrogens is 398 g/mol. The first-order valence-corrected chi connectivity index (χ1v) is 9.35. The lowest BCUT2D eigenvalue weighted by Gasteiger charge is -2.09. The fraction of sp³-hybridized carbons (Fsp3) is 0.0455. The summed E-state index contributed by atoms with van der Waals surface area (Å²) in [6.45, 7) is -0.423. The predicted octanol–water partition coefficient (Wildman–Crippen LogP) is 3.86. The molecule has 9 nitrogen and oxygen atoms in total. The molecule has 0 aliphatic rings. The Hall–Kier alpha value is -4.53. The number of hydrogen-bond donors (Lipinski definition) is 1. The number of pyridine rings is 1. The maximum atomic E-state index is 12.5. The van der Waals surface area contributed by atoms with Crippen molar-refractivity contribution < 1.29 is 14.5 Å². The zero-order valence-corrected chi connectivity index (χ0v) is 16.2. The van der Waals surface area contributed by atoms with Crippen LogP contribution in [0.1, 0.15) is 0 Å². The van der Waals surface area contributed by atoms with Gasteiger partial charge in [-0.15, -0.1) is 0 Å². The molecule has 0 atom stereocenters. The first kappa shape index (κ1) is 19.8. The van der Waals surface area contributed by atoms with Crippen LogP contribution in [0, 0.1) is 10.1 Å². The third-order valence-corrected chi connectivity index (χ3v) is 4.33. The lowest BCUT2D eigenvalue weighted by molar-refractivity contribution is -0.390. The third-order valence-electron chi connectivity index (χ3n) is 4.33. The molecule has 2 aromatic carbocycles. The molecule has 0 aliphatic carbocycles. The molecule has 0 aliphatic heterocycles. The Balaban J connectivity index is 1.57. The van der Waals surface area contributed by atoms with Gasteiger partial charge in [0.25, 0.3) is 5.91 Å². The number of nitrogens with one attached hydrogen (secondary N) is 1. The van der Waals surface area contributed by atoms with Crippen LogP contribution in [0.3, 0.4) is 0 Å². The van der Waals surface area contributed by atoms with Gasteiger partial charge < -0.3 is 20.2 Å². The second-order valence-corrected chi connectivity index (χ2v) is 6.45. The standard InChI is InChI=1S/C22H17N5O4/c28-21(15-31-19-12-7-13-23-22(19)27(29)30)24-20-14-18(16-8-3-1-4-9-16)25-26(20)17-10-5-2-6-11-17/h1-14H,15H2,(H,24,28). The van der Waals surface area contributed by atoms with Crippen molar-refractivity contribution in [1.82, 2.24) is 14.8 Å². The summed E-state index contributed by atoms with van der Waals surface area (Å²) < 4.78 is 6.94. The Morgan fingerprint density at radius 1 is 1.03 bits per heavy atom. The SMILES string of the molecule is O=C(COc1cccnc1[N+](=O)[O-])Nc1cc(-c2ccccc2)nn1-c1ccccc1. The van der Waals surface area contributed by atoms with Crippen LogP contribution in [0.2, 0.25) is 0 Å². The number of aromatic nitrogens is 3. The van der Waals surface area contributed by atoms with Crippen LogP contribution in [0.5, 0.6) is 5.75 Å². The first-order valence-electron chi connectivity index (χ1n) is 9.35. The Labute approximate surface area is 177 Å². The number of para-hydroxylation sites is 1. The van der Waals surface area contributed by atoms with Crippen LogP contribution in [-0.4, -0.2) is 32.2 Å². The highest BCUT2D eigenvalue weighted by molar-refractivity contribution is 5.92. The van der Waals surface area contributed by atoms with Crippen molar-refractivity contribution in [1.29, 1.82) is 0 Å². The summed E-state index contributed by atoms with van der Waals surface area (Å²) in [7, 11) is 0. The van der Waals surface area contributed by atoms with Crippen LogP contribution in [-0.2, 0) is 4.79 Å². The van der Waals surface area contributed by atoms with Gasteiger partial charge in [0.2, 0.25) is 5.75 Å². The summed E-state index contributed by atoms with van der Waals surface area (Å²) in [6, 6.07) is 23.6. The molecule has 1 amide bonds. The van der Waals surface area contributed by atoms with E-state index in [1.165, 1.54) is 18.3 Å². The molecule has 0 spiro atoms. The van der Waals surface area contributed by atoms with Gasteiger partial charge in [-0.25, -0.2) is 4.68 Å². The van der Waals surface area contributed by atoms with E-state index in [0.29, 0.717) is 11.5 Å². The maximum absolute atomic E-state index is 12.5. The summed E-state index contributed by atoms with van der Waals surface area (Å²) >= 11 is 0. The predicted molar refractivity (Wildman–Crippen MR) is 114 cm³/mol. The fourth-order valence-electron chi connectivity index (χ4n) is 2.94. The van der Waals surface area contributed by atoms with Crippen LogP contribution < -0.4 is 10.1 Å². The number of rotatable bonds is 7. The van der Waals surface area contributed by atoms with Gasteiger partial charge in [-0.1, -0.05) is 48.5 Å². The minimum atomic E-state index is -0.663. The topological polar surface area (TPSA) is 112 Å². The van der Waals surface area contributed by atoms with Crippen LogP contribution in [0.4, 0.5) is 11.6 Å². The summed E-state index contributed by atoms with van der Waals surface area (Å²) in [6.07, 6.45) is 1.29. The molecule has 1 N–H and O–H groups in total. The van der Waals surface area contributed by atoms with Crippen LogP contribution in [0.25, 0.3) is 16.9 Å². The largest absolute Gasteiger partial charge is 0.476 e. The van der Waals surface area contributed by atoms with E-state index in [9.17, 15) is 14.9 Å². The van der Waals surface area contributed by atoms with Crippen molar-refractivity contribution in [2.75, 3.05) is 11.9 Å². The molecule has 2 aromatic heterocycles. The van der Waals surface area contributed by atoms with Crippen molar-refractivity contribution in [3.8, 4) is 22.7 Å². The Bertz CT molecular complexity index is 1210. The second kappa shape index (κ2) is 8.87. The molecule has 0 saturated heterocycles. The van der Waals surface area contributed by atoms with E-state index < -0.39 is 23.3 Å². The van der Waals surface area contributed by atoms with E-state index >= 15 is 0 Å². The van der Waals surface area contributed by atoms with Gasteiger partial charge in [0.05, 0.1) is 11.4 Å². The molecule has 9 heteroatoms. The van der Waals surface area contributed by atoms with E-state index in [1.807, 2.05) is 60.7 Å². The highest BCUT2D eigenvalue weighted by atomic mass is 16.6. The number of hydrogen-bond acceptors (Lipinski definition) is 6. The molecular formula is C22H17N5O4. The van der Waals surface area contributed by atoms with Gasteiger partial charge in [-0.05, 0) is 34.2 Å². The maximum Gasteiger partial charge on any atom is 0.406 e. The number of anilines is 1. The number of nitro groups is 1. The minimum Gasteiger partial charge on any atom is -0.476 e. The number of carbonyl (C=O) groups excluding carboxylic acids is 1. The zero-order valence-electron chi connectivity index (χ0n) is 16.2. The smallest absolute Gasteiger partial charge is 0.406 e. The molecule has 4 rings (SSSR count). The summed E-state index contributed by atoms with van der Waals surface area (Å²) in [5, 5.41) is 18.4. The summed E-state index contributed by atoms with van der Waals surface area (Å²) in [4.78, 5) is 26.6. The molecule has 0 radical (unpaired) electrons. The monoisotopic (exact) mass is 415 g/mol. The van der Waals surface area contributed by atoms with Crippen molar-refractivity contribution in [3.05, 3.63) is 95.2 Å². The third kappa shape index (κ3) is 4.56. The molecule has 4 aromatic rings. The molecule has 2 heterocycles. The van der Waals surface area contributed by atoms with E-state index in [1.54, 1.807) is 10.7 Å². The highest BCUT2D eigenvalue weighted by Crippen LogP contribution is 2.25. The van der Waals surface area contributed by atoms with Gasteiger partial charge in [-0.2, -0.15) is 5.10 Å². The summed E-state index contributed by atoms with van der Waals surface area (Å²) in [5.41, 5.74) is 2.35. The number of benzene rings is 2. The van der Waals surface area contributed by atoms with Crippen molar-refractivity contribution in [2.24, 2.45) is 0 Å². The Kier molecular flexibility index (Phi) is 5.66. The van der Waals surface area contributed by atoms with Gasteiger partial charge in [0, 0.05) is 11.6 Å². The van der Waals surface area contributed by atoms with Crippen molar-refractivity contribution in [3.63, 3.8) is 0 Å². The van der Waals surface area contributed by atoms with E-state index in [0.717, 1.165) is 11.3 Å². The Morgan fingerprint density at radius 3 is 2.45 bits per heavy atom. The molecule has 0 bridgehead atoms. The van der Waals surface area contributed by atoms with Gasteiger partial charge >= 0.3 is 5.82 Å². The Morgan fingerprint density at radius 2 is 1.74 bits per heavy atom. The average molecular weight is 415 g/mol. The summed E-state index contributed by atoms with van der Waals surface area (Å²) in [5.74, 6) is -0.575. The number of amides is 1. The van der Waals surface area contributed by atoms with Crippen LogP contribution >= 0.6 is 0 Å². The quantitative estimate of drug-likeness (QED) is 0.362. The molecule has 0 unspecified atom stereocenters. The molecule has 0 fully saturated rings. The minimum absolute atomic E-state index is 0.0795. The molecule has 154 valence electrons. The van der Waals surface area contributed by atoms with Crippen molar-refractivity contribution >= 4 is 17.5 Å². The number of carbonyl (C=O) groups is 1. The lowest BCUT2D eigenvalue weighted by Crippen LogP contribution is -2.22. The van der Waals surface area contributed by atoms with Gasteiger partial charge in [0.15, 0.2) is 6.61 Å². The number of ether oxygens (including phenoxy) is 1. The molecule has 31 heavy (non-hydrogen) atoms. The van der Waals surface area contributed by atoms with E-state index in [-0.39, 0.29) is 5.75 Å². The second-order valence-electron chi connectivity index (χ2n) is 6.45. The van der Waals surface area contributed by atoms with Crippen LogP contribution in [0.15, 0.2) is 85.1 Å². The normalized spacial score (nSPS) is 10.5. The van der Waals surface area contributed by atoms with Gasteiger partial charge in [-0.3, -0.25) is 4.79 Å². The zero-order chi connectivity index (χ0) is 21.6. The average Bonchev–Trinajstić information content (AvgIpc) is 3.22. The van der Waals surface area contributed by atoms with E-state index in [2.05, 4.69) is 15.4 Å². The van der Waals surface area contributed by atoms with Gasteiger partial charge in [0.1, 0.15) is 12.0 Å². The lowest BCUT2D eigenvalue weighted by atomic mass is 10.2. The molecule has 0 saturated carbocycles. The van der Waals surface area contributed by atoms with E-state index in [4.69, 9.17) is 4.74 Å². The highest BCUT2D eigenvalue weighted by Gasteiger charge is 2.18.